The van der Waals surface area contributed by atoms with Crippen molar-refractivity contribution in [1.29, 1.82) is 0 Å². The molecule has 0 radical (unpaired) electrons. The molecule has 0 bridgehead atoms. The summed E-state index contributed by atoms with van der Waals surface area (Å²) in [6.45, 7) is 8.67. The van der Waals surface area contributed by atoms with E-state index >= 15 is 0 Å². The number of ether oxygens (including phenoxy) is 1. The molecule has 1 aromatic heterocycles. The van der Waals surface area contributed by atoms with Crippen molar-refractivity contribution < 1.29 is 9.84 Å². The minimum absolute atomic E-state index is 0.330. The van der Waals surface area contributed by atoms with Crippen LogP contribution in [0.15, 0.2) is 21.8 Å². The summed E-state index contributed by atoms with van der Waals surface area (Å²) < 4.78 is 5.99. The largest absolute Gasteiger partial charge is 0.383 e. The third kappa shape index (κ3) is 6.56. The summed E-state index contributed by atoms with van der Waals surface area (Å²) in [6.07, 6.45) is 6.59. The van der Waals surface area contributed by atoms with Gasteiger partial charge in [-0.15, -0.1) is 0 Å². The smallest absolute Gasteiger partial charge is 0.191 e. The fourth-order valence-corrected chi connectivity index (χ4v) is 4.35. The number of aliphatic hydroxyl groups is 1. The van der Waals surface area contributed by atoms with Gasteiger partial charge < -0.3 is 20.5 Å². The minimum Gasteiger partial charge on any atom is -0.383 e. The van der Waals surface area contributed by atoms with Gasteiger partial charge in [0.25, 0.3) is 0 Å². The normalized spacial score (nSPS) is 19.3. The molecule has 2 rings (SSSR count). The highest BCUT2D eigenvalue weighted by Crippen LogP contribution is 2.30. The molecule has 1 heterocycles. The lowest BCUT2D eigenvalue weighted by atomic mass is 9.98. The van der Waals surface area contributed by atoms with Crippen molar-refractivity contribution in [2.45, 2.75) is 64.6 Å². The van der Waals surface area contributed by atoms with Gasteiger partial charge >= 0.3 is 0 Å². The molecule has 3 N–H and O–H groups in total. The van der Waals surface area contributed by atoms with Crippen LogP contribution in [0.25, 0.3) is 0 Å². The van der Waals surface area contributed by atoms with Gasteiger partial charge in [-0.1, -0.05) is 12.8 Å². The number of hydrogen-bond donors (Lipinski definition) is 3. The molecule has 2 unspecified atom stereocenters. The molecule has 1 saturated carbocycles. The van der Waals surface area contributed by atoms with E-state index in [-0.39, 0.29) is 0 Å². The highest BCUT2D eigenvalue weighted by molar-refractivity contribution is 7.08. The van der Waals surface area contributed by atoms with E-state index in [1.54, 1.807) is 11.3 Å². The quantitative estimate of drug-likeness (QED) is 0.429. The van der Waals surface area contributed by atoms with Gasteiger partial charge in [-0.3, -0.25) is 0 Å². The third-order valence-corrected chi connectivity index (χ3v) is 5.74. The minimum atomic E-state index is -0.944. The maximum Gasteiger partial charge on any atom is 0.191 e. The number of rotatable bonds is 10. The standard InChI is InChI=1S/C20H35N3O2S/c1-4-21-19(23-15-20(3,24)17-11-13-26-14-17)22-12-10-18(25-5-2)16-8-6-7-9-16/h11,13-14,16,18,24H,4-10,12,15H2,1-3H3,(H2,21,22,23). The third-order valence-electron chi connectivity index (χ3n) is 5.06. The summed E-state index contributed by atoms with van der Waals surface area (Å²) in [7, 11) is 0. The highest BCUT2D eigenvalue weighted by atomic mass is 32.1. The summed E-state index contributed by atoms with van der Waals surface area (Å²) in [6, 6.07) is 1.95. The molecule has 6 heteroatoms. The zero-order valence-electron chi connectivity index (χ0n) is 16.5. The van der Waals surface area contributed by atoms with Crippen LogP contribution in [0.2, 0.25) is 0 Å². The van der Waals surface area contributed by atoms with Crippen LogP contribution in [-0.4, -0.2) is 43.4 Å². The van der Waals surface area contributed by atoms with Gasteiger partial charge in [0.2, 0.25) is 0 Å². The Morgan fingerprint density at radius 2 is 2.15 bits per heavy atom. The first-order valence-electron chi connectivity index (χ1n) is 9.95. The summed E-state index contributed by atoms with van der Waals surface area (Å²) in [5.41, 5.74) is -0.0280. The van der Waals surface area contributed by atoms with E-state index in [9.17, 15) is 5.11 Å². The van der Waals surface area contributed by atoms with Gasteiger partial charge in [0.05, 0.1) is 12.6 Å². The number of hydrogen-bond acceptors (Lipinski definition) is 4. The lowest BCUT2D eigenvalue weighted by Gasteiger charge is -2.24. The molecule has 0 aliphatic heterocycles. The van der Waals surface area contributed by atoms with Crippen LogP contribution < -0.4 is 10.6 Å². The number of aliphatic imine (C=N–C) groups is 1. The Morgan fingerprint density at radius 3 is 2.77 bits per heavy atom. The van der Waals surface area contributed by atoms with E-state index in [1.807, 2.05) is 23.8 Å². The van der Waals surface area contributed by atoms with E-state index in [1.165, 1.54) is 25.7 Å². The molecule has 148 valence electrons. The molecule has 26 heavy (non-hydrogen) atoms. The lowest BCUT2D eigenvalue weighted by molar-refractivity contribution is 0.0169. The molecule has 2 atom stereocenters. The first-order chi connectivity index (χ1) is 12.6. The summed E-state index contributed by atoms with van der Waals surface area (Å²) in [5.74, 6) is 1.46. The van der Waals surface area contributed by atoms with Crippen LogP contribution >= 0.6 is 11.3 Å². The van der Waals surface area contributed by atoms with Crippen LogP contribution in [0.4, 0.5) is 0 Å². The van der Waals surface area contributed by atoms with Crippen molar-refractivity contribution in [3.05, 3.63) is 22.4 Å². The number of thiophene rings is 1. The van der Waals surface area contributed by atoms with Gasteiger partial charge in [-0.25, -0.2) is 4.99 Å². The van der Waals surface area contributed by atoms with Gasteiger partial charge in [0, 0.05) is 19.7 Å². The first kappa shape index (κ1) is 21.2. The average molecular weight is 382 g/mol. The Labute approximate surface area is 162 Å². The van der Waals surface area contributed by atoms with Crippen molar-refractivity contribution in [3.8, 4) is 0 Å². The Bertz CT molecular complexity index is 525. The van der Waals surface area contributed by atoms with E-state index in [0.717, 1.165) is 37.6 Å². The number of nitrogens with one attached hydrogen (secondary N) is 2. The van der Waals surface area contributed by atoms with E-state index in [2.05, 4.69) is 29.5 Å². The van der Waals surface area contributed by atoms with Gasteiger partial charge in [-0.2, -0.15) is 11.3 Å². The molecule has 5 nitrogen and oxygen atoms in total. The van der Waals surface area contributed by atoms with Crippen molar-refractivity contribution in [1.82, 2.24) is 10.6 Å². The van der Waals surface area contributed by atoms with E-state index < -0.39 is 5.60 Å². The van der Waals surface area contributed by atoms with Gasteiger partial charge in [-0.05, 0) is 68.3 Å². The summed E-state index contributed by atoms with van der Waals surface area (Å²) >= 11 is 1.59. The summed E-state index contributed by atoms with van der Waals surface area (Å²) in [4.78, 5) is 4.59. The van der Waals surface area contributed by atoms with E-state index in [4.69, 9.17) is 4.74 Å². The summed E-state index contributed by atoms with van der Waals surface area (Å²) in [5, 5.41) is 21.3. The van der Waals surface area contributed by atoms with Gasteiger partial charge in [0.1, 0.15) is 5.60 Å². The Kier molecular flexibility index (Phi) is 8.88. The number of guanidine groups is 1. The zero-order chi connectivity index (χ0) is 18.8. The maximum absolute atomic E-state index is 10.6. The fourth-order valence-electron chi connectivity index (χ4n) is 3.57. The zero-order valence-corrected chi connectivity index (χ0v) is 17.3. The lowest BCUT2D eigenvalue weighted by Crippen LogP contribution is -2.40. The second-order valence-electron chi connectivity index (χ2n) is 7.23. The molecule has 1 aliphatic carbocycles. The molecule has 1 aromatic rings. The van der Waals surface area contributed by atoms with Gasteiger partial charge in [0.15, 0.2) is 5.96 Å². The molecule has 0 spiro atoms. The number of nitrogens with zero attached hydrogens (tertiary/aromatic N) is 1. The van der Waals surface area contributed by atoms with Crippen molar-refractivity contribution in [3.63, 3.8) is 0 Å². The predicted molar refractivity (Wildman–Crippen MR) is 110 cm³/mol. The Balaban J connectivity index is 1.86. The molecule has 1 fully saturated rings. The second kappa shape index (κ2) is 10.9. The van der Waals surface area contributed by atoms with Crippen LogP contribution in [0.1, 0.15) is 58.4 Å². The van der Waals surface area contributed by atoms with Crippen LogP contribution in [0, 0.1) is 5.92 Å². The van der Waals surface area contributed by atoms with Crippen molar-refractivity contribution in [2.24, 2.45) is 10.9 Å². The highest BCUT2D eigenvalue weighted by Gasteiger charge is 2.25. The SMILES string of the molecule is CCNC(=NCC(C)(O)c1ccsc1)NCCC(OCC)C1CCCC1. The maximum atomic E-state index is 10.6. The fraction of sp³-hybridized carbons (Fsp3) is 0.750. The van der Waals surface area contributed by atoms with Crippen molar-refractivity contribution in [2.75, 3.05) is 26.2 Å². The molecule has 1 aliphatic rings. The Morgan fingerprint density at radius 1 is 1.38 bits per heavy atom. The van der Waals surface area contributed by atoms with E-state index in [0.29, 0.717) is 18.6 Å². The van der Waals surface area contributed by atoms with Crippen molar-refractivity contribution >= 4 is 17.3 Å². The van der Waals surface area contributed by atoms with Crippen LogP contribution in [0.3, 0.4) is 0 Å². The monoisotopic (exact) mass is 381 g/mol. The average Bonchev–Trinajstić information content (AvgIpc) is 3.32. The molecular weight excluding hydrogens is 346 g/mol. The topological polar surface area (TPSA) is 65.9 Å². The molecule has 0 amide bonds. The molecule has 0 saturated heterocycles. The second-order valence-corrected chi connectivity index (χ2v) is 8.01. The first-order valence-corrected chi connectivity index (χ1v) is 10.9. The Hall–Kier alpha value is -1.11. The molecule has 0 aromatic carbocycles. The van der Waals surface area contributed by atoms with Crippen LogP contribution in [0.5, 0.6) is 0 Å². The molecular formula is C20H35N3O2S. The van der Waals surface area contributed by atoms with Crippen LogP contribution in [-0.2, 0) is 10.3 Å². The predicted octanol–water partition coefficient (Wildman–Crippen LogP) is 3.50.